The second-order valence-electron chi connectivity index (χ2n) is 6.59. The molecule has 118 valence electrons. The summed E-state index contributed by atoms with van der Waals surface area (Å²) in [7, 11) is 0. The number of rotatable bonds is 4. The van der Waals surface area contributed by atoms with Crippen LogP contribution in [-0.4, -0.2) is 29.3 Å². The minimum absolute atomic E-state index is 0.306. The van der Waals surface area contributed by atoms with E-state index in [1.807, 2.05) is 13.8 Å². The van der Waals surface area contributed by atoms with Gasteiger partial charge in [0.25, 0.3) is 0 Å². The molecule has 0 unspecified atom stereocenters. The minimum Gasteiger partial charge on any atom is -0.277 e. The van der Waals surface area contributed by atoms with Crippen molar-refractivity contribution in [3.05, 3.63) is 0 Å². The van der Waals surface area contributed by atoms with E-state index in [1.165, 1.54) is 4.90 Å². The Labute approximate surface area is 126 Å². The van der Waals surface area contributed by atoms with Crippen LogP contribution in [0.4, 0.5) is 4.79 Å². The molecule has 5 heteroatoms. The van der Waals surface area contributed by atoms with Gasteiger partial charge < -0.3 is 0 Å². The van der Waals surface area contributed by atoms with Gasteiger partial charge in [-0.05, 0) is 37.5 Å². The van der Waals surface area contributed by atoms with Gasteiger partial charge in [-0.15, -0.1) is 0 Å². The van der Waals surface area contributed by atoms with E-state index in [0.29, 0.717) is 25.3 Å². The first-order valence-corrected chi connectivity index (χ1v) is 8.12. The summed E-state index contributed by atoms with van der Waals surface area (Å²) in [5.41, 5.74) is -1.06. The van der Waals surface area contributed by atoms with Gasteiger partial charge in [-0.2, -0.15) is 0 Å². The summed E-state index contributed by atoms with van der Waals surface area (Å²) in [5, 5.41) is 2.38. The molecule has 2 aliphatic rings. The lowest BCUT2D eigenvalue weighted by atomic mass is 9.77. The Hall–Kier alpha value is -1.39. The molecule has 0 atom stereocenters. The molecule has 1 N–H and O–H groups in total. The summed E-state index contributed by atoms with van der Waals surface area (Å²) in [6, 6.07) is -0.541. The average Bonchev–Trinajstić information content (AvgIpc) is 2.47. The van der Waals surface area contributed by atoms with Crippen molar-refractivity contribution in [3.63, 3.8) is 0 Å². The largest absolute Gasteiger partial charge is 0.330 e. The smallest absolute Gasteiger partial charge is 0.277 e. The predicted octanol–water partition coefficient (Wildman–Crippen LogP) is 2.70. The van der Waals surface area contributed by atoms with Gasteiger partial charge in [0.15, 0.2) is 0 Å². The van der Waals surface area contributed by atoms with Crippen LogP contribution in [0, 0.1) is 17.3 Å². The Bertz CT molecular complexity index is 435. The standard InChI is InChI=1S/C16H26N2O3/c1-4-16(5-2)13(19)17-15(21)18(14(16)20)10-12-8-6-11(3)7-9-12/h11-12H,4-10H2,1-3H3,(H,17,19,21). The van der Waals surface area contributed by atoms with Crippen molar-refractivity contribution in [2.45, 2.75) is 59.3 Å². The van der Waals surface area contributed by atoms with Crippen molar-refractivity contribution in [2.75, 3.05) is 6.54 Å². The molecule has 5 nitrogen and oxygen atoms in total. The molecule has 21 heavy (non-hydrogen) atoms. The van der Waals surface area contributed by atoms with Gasteiger partial charge in [0, 0.05) is 6.54 Å². The maximum atomic E-state index is 12.7. The van der Waals surface area contributed by atoms with Crippen LogP contribution in [0.25, 0.3) is 0 Å². The van der Waals surface area contributed by atoms with Gasteiger partial charge in [0.2, 0.25) is 11.8 Å². The third-order valence-electron chi connectivity index (χ3n) is 5.34. The van der Waals surface area contributed by atoms with Crippen LogP contribution in [0.5, 0.6) is 0 Å². The Morgan fingerprint density at radius 3 is 2.19 bits per heavy atom. The first-order chi connectivity index (χ1) is 9.94. The number of urea groups is 1. The molecule has 0 radical (unpaired) electrons. The SMILES string of the molecule is CCC1(CC)C(=O)NC(=O)N(CC2CCC(C)CC2)C1=O. The highest BCUT2D eigenvalue weighted by atomic mass is 16.2. The number of hydrogen-bond acceptors (Lipinski definition) is 3. The Morgan fingerprint density at radius 1 is 1.10 bits per heavy atom. The van der Waals surface area contributed by atoms with Gasteiger partial charge in [-0.3, -0.25) is 19.8 Å². The molecule has 1 aliphatic carbocycles. The third-order valence-corrected chi connectivity index (χ3v) is 5.34. The van der Waals surface area contributed by atoms with Crippen LogP contribution >= 0.6 is 0 Å². The fourth-order valence-electron chi connectivity index (χ4n) is 3.54. The zero-order chi connectivity index (χ0) is 15.6. The van der Waals surface area contributed by atoms with Crippen LogP contribution in [0.2, 0.25) is 0 Å². The molecule has 2 fully saturated rings. The van der Waals surface area contributed by atoms with Crippen LogP contribution < -0.4 is 5.32 Å². The molecular formula is C16H26N2O3. The lowest BCUT2D eigenvalue weighted by molar-refractivity contribution is -0.152. The highest BCUT2D eigenvalue weighted by molar-refractivity contribution is 6.19. The van der Waals surface area contributed by atoms with Gasteiger partial charge in [-0.25, -0.2) is 4.79 Å². The van der Waals surface area contributed by atoms with Crippen LogP contribution in [0.15, 0.2) is 0 Å². The maximum Gasteiger partial charge on any atom is 0.330 e. The summed E-state index contributed by atoms with van der Waals surface area (Å²) in [4.78, 5) is 38.1. The molecule has 1 saturated heterocycles. The van der Waals surface area contributed by atoms with Gasteiger partial charge in [-0.1, -0.05) is 33.6 Å². The van der Waals surface area contributed by atoms with Crippen LogP contribution in [0.3, 0.4) is 0 Å². The van der Waals surface area contributed by atoms with E-state index in [9.17, 15) is 14.4 Å². The summed E-state index contributed by atoms with van der Waals surface area (Å²) < 4.78 is 0. The molecular weight excluding hydrogens is 268 g/mol. The third kappa shape index (κ3) is 2.83. The van der Waals surface area contributed by atoms with E-state index in [0.717, 1.165) is 31.6 Å². The first-order valence-electron chi connectivity index (χ1n) is 8.12. The van der Waals surface area contributed by atoms with E-state index in [1.54, 1.807) is 0 Å². The number of imide groups is 2. The maximum absolute atomic E-state index is 12.7. The van der Waals surface area contributed by atoms with E-state index in [-0.39, 0.29) is 5.91 Å². The number of nitrogens with zero attached hydrogens (tertiary/aromatic N) is 1. The summed E-state index contributed by atoms with van der Waals surface area (Å²) in [5.74, 6) is 0.366. The summed E-state index contributed by atoms with van der Waals surface area (Å²) >= 11 is 0. The normalized spacial score (nSPS) is 29.5. The molecule has 0 bridgehead atoms. The van der Waals surface area contributed by atoms with Crippen molar-refractivity contribution in [1.82, 2.24) is 10.2 Å². The van der Waals surface area contributed by atoms with E-state index in [2.05, 4.69) is 12.2 Å². The zero-order valence-corrected chi connectivity index (χ0v) is 13.3. The monoisotopic (exact) mass is 294 g/mol. The van der Waals surface area contributed by atoms with Crippen molar-refractivity contribution in [1.29, 1.82) is 0 Å². The zero-order valence-electron chi connectivity index (χ0n) is 13.3. The number of barbiturate groups is 1. The van der Waals surface area contributed by atoms with E-state index >= 15 is 0 Å². The highest BCUT2D eigenvalue weighted by Gasteiger charge is 2.51. The molecule has 0 aromatic carbocycles. The molecule has 2 rings (SSSR count). The Kier molecular flexibility index (Phi) is 4.69. The lowest BCUT2D eigenvalue weighted by Gasteiger charge is -2.40. The fourth-order valence-corrected chi connectivity index (χ4v) is 3.54. The lowest BCUT2D eigenvalue weighted by Crippen LogP contribution is -2.64. The molecule has 0 aromatic rings. The second kappa shape index (κ2) is 6.16. The highest BCUT2D eigenvalue weighted by Crippen LogP contribution is 2.34. The predicted molar refractivity (Wildman–Crippen MR) is 79.4 cm³/mol. The average molecular weight is 294 g/mol. The van der Waals surface area contributed by atoms with Crippen molar-refractivity contribution >= 4 is 17.8 Å². The topological polar surface area (TPSA) is 66.5 Å². The van der Waals surface area contributed by atoms with Crippen molar-refractivity contribution < 1.29 is 14.4 Å². The summed E-state index contributed by atoms with van der Waals surface area (Å²) in [6.45, 7) is 6.35. The van der Waals surface area contributed by atoms with Crippen LogP contribution in [-0.2, 0) is 9.59 Å². The van der Waals surface area contributed by atoms with Gasteiger partial charge in [0.1, 0.15) is 5.41 Å². The quantitative estimate of drug-likeness (QED) is 0.811. The number of hydrogen-bond donors (Lipinski definition) is 1. The first kappa shape index (κ1) is 16.0. The van der Waals surface area contributed by atoms with E-state index in [4.69, 9.17) is 0 Å². The van der Waals surface area contributed by atoms with Crippen LogP contribution in [0.1, 0.15) is 59.3 Å². The second-order valence-corrected chi connectivity index (χ2v) is 6.59. The number of carbonyl (C=O) groups is 3. The molecule has 0 aromatic heterocycles. The molecule has 1 saturated carbocycles. The molecule has 4 amide bonds. The van der Waals surface area contributed by atoms with Gasteiger partial charge in [0.05, 0.1) is 0 Å². The minimum atomic E-state index is -1.06. The Morgan fingerprint density at radius 2 is 1.67 bits per heavy atom. The summed E-state index contributed by atoms with van der Waals surface area (Å²) in [6.07, 6.45) is 5.27. The Balaban J connectivity index is 2.12. The number of amides is 4. The molecule has 1 aliphatic heterocycles. The van der Waals surface area contributed by atoms with E-state index < -0.39 is 17.4 Å². The molecule has 0 spiro atoms. The van der Waals surface area contributed by atoms with Crippen molar-refractivity contribution in [3.8, 4) is 0 Å². The fraction of sp³-hybridized carbons (Fsp3) is 0.812. The van der Waals surface area contributed by atoms with Gasteiger partial charge >= 0.3 is 6.03 Å². The van der Waals surface area contributed by atoms with Crippen molar-refractivity contribution in [2.24, 2.45) is 17.3 Å². The number of carbonyl (C=O) groups excluding carboxylic acids is 3. The number of nitrogens with one attached hydrogen (secondary N) is 1. The molecule has 1 heterocycles.